The van der Waals surface area contributed by atoms with Crippen LogP contribution in [0.5, 0.6) is 0 Å². The first-order valence-electron chi connectivity index (χ1n) is 5.86. The number of rotatable bonds is 5. The topological polar surface area (TPSA) is 46.3 Å². The molecule has 1 aromatic carbocycles. The van der Waals surface area contributed by atoms with Gasteiger partial charge in [-0.25, -0.2) is 0 Å². The van der Waals surface area contributed by atoms with Gasteiger partial charge in [0.1, 0.15) is 0 Å². The summed E-state index contributed by atoms with van der Waals surface area (Å²) in [5.74, 6) is 0.0281. The van der Waals surface area contributed by atoms with E-state index in [1.807, 2.05) is 13.1 Å². The summed E-state index contributed by atoms with van der Waals surface area (Å²) < 4.78 is 0.822. The lowest BCUT2D eigenvalue weighted by atomic mass is 10.1. The highest BCUT2D eigenvalue weighted by molar-refractivity contribution is 9.10. The summed E-state index contributed by atoms with van der Waals surface area (Å²) in [5.41, 5.74) is 7.00. The van der Waals surface area contributed by atoms with Crippen LogP contribution >= 0.6 is 15.9 Å². The van der Waals surface area contributed by atoms with E-state index in [0.717, 1.165) is 30.3 Å². The quantitative estimate of drug-likeness (QED) is 0.670. The molecule has 0 aliphatic carbocycles. The van der Waals surface area contributed by atoms with Crippen LogP contribution in [0.1, 0.15) is 36.5 Å². The molecule has 0 saturated heterocycles. The Hall–Kier alpha value is -1.03. The number of hydrogen-bond donors (Lipinski definition) is 1. The fraction of sp³-hybridized carbons (Fsp3) is 0.462. The van der Waals surface area contributed by atoms with Crippen molar-refractivity contribution in [1.82, 2.24) is 4.90 Å². The lowest BCUT2D eigenvalue weighted by Gasteiger charge is -2.17. The van der Waals surface area contributed by atoms with Crippen LogP contribution in [0.4, 0.5) is 5.69 Å². The minimum atomic E-state index is 0.0281. The van der Waals surface area contributed by atoms with Crippen molar-refractivity contribution in [2.75, 3.05) is 19.3 Å². The van der Waals surface area contributed by atoms with Crippen LogP contribution in [0.2, 0.25) is 0 Å². The molecule has 0 spiro atoms. The molecule has 0 bridgehead atoms. The molecule has 0 radical (unpaired) electrons. The Morgan fingerprint density at radius 3 is 2.71 bits per heavy atom. The highest BCUT2D eigenvalue weighted by Gasteiger charge is 2.11. The first-order valence-corrected chi connectivity index (χ1v) is 6.66. The van der Waals surface area contributed by atoms with E-state index >= 15 is 0 Å². The fourth-order valence-corrected chi connectivity index (χ4v) is 1.84. The van der Waals surface area contributed by atoms with Crippen LogP contribution in [-0.2, 0) is 0 Å². The molecule has 3 nitrogen and oxygen atoms in total. The van der Waals surface area contributed by atoms with Gasteiger partial charge in [0.2, 0.25) is 0 Å². The van der Waals surface area contributed by atoms with Crippen molar-refractivity contribution in [3.8, 4) is 0 Å². The van der Waals surface area contributed by atoms with E-state index in [1.54, 1.807) is 17.0 Å². The number of unbranched alkanes of at least 4 members (excludes halogenated alkanes) is 2. The number of hydrogen-bond acceptors (Lipinski definition) is 2. The maximum atomic E-state index is 12.1. The molecule has 1 rings (SSSR count). The Labute approximate surface area is 111 Å². The van der Waals surface area contributed by atoms with Crippen molar-refractivity contribution in [2.24, 2.45) is 0 Å². The van der Waals surface area contributed by atoms with E-state index in [1.165, 1.54) is 0 Å². The number of benzene rings is 1. The normalized spacial score (nSPS) is 10.3. The molecule has 17 heavy (non-hydrogen) atoms. The van der Waals surface area contributed by atoms with Crippen molar-refractivity contribution in [3.63, 3.8) is 0 Å². The Kier molecular flexibility index (Phi) is 5.48. The zero-order valence-corrected chi connectivity index (χ0v) is 12.0. The molecule has 94 valence electrons. The Balaban J connectivity index is 2.65. The van der Waals surface area contributed by atoms with Gasteiger partial charge in [-0.1, -0.05) is 19.8 Å². The van der Waals surface area contributed by atoms with Gasteiger partial charge in [-0.15, -0.1) is 0 Å². The van der Waals surface area contributed by atoms with Gasteiger partial charge in [-0.05, 0) is 40.5 Å². The van der Waals surface area contributed by atoms with Gasteiger partial charge in [-0.2, -0.15) is 0 Å². The first-order chi connectivity index (χ1) is 8.06. The Bertz CT molecular complexity index is 393. The monoisotopic (exact) mass is 298 g/mol. The molecule has 0 fully saturated rings. The number of nitrogens with zero attached hydrogens (tertiary/aromatic N) is 1. The summed E-state index contributed by atoms with van der Waals surface area (Å²) >= 11 is 3.32. The van der Waals surface area contributed by atoms with E-state index in [-0.39, 0.29) is 5.91 Å². The molecule has 0 atom stereocenters. The maximum absolute atomic E-state index is 12.1. The third kappa shape index (κ3) is 4.04. The Morgan fingerprint density at radius 1 is 1.41 bits per heavy atom. The van der Waals surface area contributed by atoms with Crippen molar-refractivity contribution >= 4 is 27.5 Å². The van der Waals surface area contributed by atoms with Crippen LogP contribution in [0, 0.1) is 0 Å². The number of carbonyl (C=O) groups is 1. The molecular weight excluding hydrogens is 280 g/mol. The largest absolute Gasteiger partial charge is 0.398 e. The van der Waals surface area contributed by atoms with Crippen LogP contribution in [0.25, 0.3) is 0 Å². The van der Waals surface area contributed by atoms with Crippen LogP contribution < -0.4 is 5.73 Å². The smallest absolute Gasteiger partial charge is 0.253 e. The van der Waals surface area contributed by atoms with Gasteiger partial charge < -0.3 is 10.6 Å². The molecule has 0 aliphatic rings. The molecule has 2 N–H and O–H groups in total. The summed E-state index contributed by atoms with van der Waals surface area (Å²) in [6.07, 6.45) is 3.36. The van der Waals surface area contributed by atoms with Crippen molar-refractivity contribution in [3.05, 3.63) is 28.2 Å². The van der Waals surface area contributed by atoms with Crippen LogP contribution in [0.15, 0.2) is 22.7 Å². The lowest BCUT2D eigenvalue weighted by molar-refractivity contribution is 0.0792. The molecular formula is C13H19BrN2O. The predicted octanol–water partition coefficient (Wildman–Crippen LogP) is 3.29. The van der Waals surface area contributed by atoms with Gasteiger partial charge in [0, 0.05) is 29.3 Å². The standard InChI is InChI=1S/C13H19BrN2O/c1-3-4-5-8-16(2)13(17)10-6-7-11(14)12(15)9-10/h6-7,9H,3-5,8,15H2,1-2H3. The number of nitrogen functional groups attached to an aromatic ring is 1. The van der Waals surface area contributed by atoms with Crippen LogP contribution in [0.3, 0.4) is 0 Å². The van der Waals surface area contributed by atoms with Gasteiger partial charge in [0.05, 0.1) is 0 Å². The van der Waals surface area contributed by atoms with E-state index in [2.05, 4.69) is 22.9 Å². The highest BCUT2D eigenvalue weighted by Crippen LogP contribution is 2.20. The number of nitrogens with two attached hydrogens (primary N) is 1. The van der Waals surface area contributed by atoms with E-state index in [9.17, 15) is 4.79 Å². The molecule has 0 unspecified atom stereocenters. The summed E-state index contributed by atoms with van der Waals surface area (Å²) in [7, 11) is 1.83. The molecule has 1 amide bonds. The second-order valence-corrected chi connectivity index (χ2v) is 5.02. The zero-order valence-electron chi connectivity index (χ0n) is 10.4. The SMILES string of the molecule is CCCCCN(C)C(=O)c1ccc(Br)c(N)c1. The average molecular weight is 299 g/mol. The van der Waals surface area contributed by atoms with Crippen molar-refractivity contribution < 1.29 is 4.79 Å². The maximum Gasteiger partial charge on any atom is 0.253 e. The first kappa shape index (κ1) is 14.0. The fourth-order valence-electron chi connectivity index (χ4n) is 1.60. The second-order valence-electron chi connectivity index (χ2n) is 4.17. The third-order valence-electron chi connectivity index (χ3n) is 2.69. The van der Waals surface area contributed by atoms with E-state index in [4.69, 9.17) is 5.73 Å². The summed E-state index contributed by atoms with van der Waals surface area (Å²) in [6.45, 7) is 2.94. The van der Waals surface area contributed by atoms with E-state index in [0.29, 0.717) is 11.3 Å². The van der Waals surface area contributed by atoms with Gasteiger partial charge in [0.25, 0.3) is 5.91 Å². The number of anilines is 1. The third-order valence-corrected chi connectivity index (χ3v) is 3.41. The van der Waals surface area contributed by atoms with Crippen LogP contribution in [-0.4, -0.2) is 24.4 Å². The second kappa shape index (κ2) is 6.64. The summed E-state index contributed by atoms with van der Waals surface area (Å²) in [6, 6.07) is 5.31. The highest BCUT2D eigenvalue weighted by atomic mass is 79.9. The van der Waals surface area contributed by atoms with Crippen molar-refractivity contribution in [1.29, 1.82) is 0 Å². The minimum absolute atomic E-state index is 0.0281. The van der Waals surface area contributed by atoms with E-state index < -0.39 is 0 Å². The number of halogens is 1. The van der Waals surface area contributed by atoms with Gasteiger partial charge >= 0.3 is 0 Å². The molecule has 0 saturated carbocycles. The minimum Gasteiger partial charge on any atom is -0.398 e. The molecule has 0 aliphatic heterocycles. The molecule has 0 aromatic heterocycles. The van der Waals surface area contributed by atoms with Crippen molar-refractivity contribution in [2.45, 2.75) is 26.2 Å². The molecule has 0 heterocycles. The Morgan fingerprint density at radius 2 is 2.12 bits per heavy atom. The average Bonchev–Trinajstić information content (AvgIpc) is 2.32. The molecule has 1 aromatic rings. The summed E-state index contributed by atoms with van der Waals surface area (Å²) in [4.78, 5) is 13.8. The van der Waals surface area contributed by atoms with Gasteiger partial charge in [-0.3, -0.25) is 4.79 Å². The number of carbonyl (C=O) groups excluding carboxylic acids is 1. The van der Waals surface area contributed by atoms with Gasteiger partial charge in [0.15, 0.2) is 0 Å². The predicted molar refractivity (Wildman–Crippen MR) is 75.0 cm³/mol. The zero-order chi connectivity index (χ0) is 12.8. The molecule has 4 heteroatoms. The number of amides is 1. The summed E-state index contributed by atoms with van der Waals surface area (Å²) in [5, 5.41) is 0. The lowest BCUT2D eigenvalue weighted by Crippen LogP contribution is -2.27.